The number of rotatable bonds is 4. The van der Waals surface area contributed by atoms with E-state index in [2.05, 4.69) is 223 Å². The summed E-state index contributed by atoms with van der Waals surface area (Å²) >= 11 is 0. The molecular weight excluding hydrogens is 803 g/mol. The lowest BCUT2D eigenvalue weighted by molar-refractivity contribution is 0.663. The van der Waals surface area contributed by atoms with Crippen molar-refractivity contribution in [2.75, 3.05) is 4.90 Å². The predicted octanol–water partition coefficient (Wildman–Crippen LogP) is 17.3. The van der Waals surface area contributed by atoms with Gasteiger partial charge in [-0.25, -0.2) is 0 Å². The van der Waals surface area contributed by atoms with E-state index in [1.807, 2.05) is 6.07 Å². The van der Waals surface area contributed by atoms with Gasteiger partial charge < -0.3 is 13.7 Å². The Labute approximate surface area is 380 Å². The molecule has 0 amide bonds. The molecule has 3 nitrogen and oxygen atoms in total. The molecule has 66 heavy (non-hydrogen) atoms. The van der Waals surface area contributed by atoms with Crippen LogP contribution in [0.25, 0.3) is 98.8 Å². The Morgan fingerprint density at radius 2 is 0.818 bits per heavy atom. The summed E-state index contributed by atoms with van der Waals surface area (Å²) in [5.74, 6) is 0. The van der Waals surface area contributed by atoms with Crippen LogP contribution in [0.2, 0.25) is 0 Å². The van der Waals surface area contributed by atoms with Gasteiger partial charge in [-0.3, -0.25) is 0 Å². The summed E-state index contributed by atoms with van der Waals surface area (Å²) in [5, 5.41) is 8.97. The zero-order valence-corrected chi connectivity index (χ0v) is 35.6. The molecule has 3 heteroatoms. The Morgan fingerprint density at radius 1 is 0.318 bits per heavy atom. The first kappa shape index (κ1) is 35.8. The highest BCUT2D eigenvalue weighted by atomic mass is 16.3. The second-order valence-electron chi connectivity index (χ2n) is 17.9. The van der Waals surface area contributed by atoms with Crippen molar-refractivity contribution >= 4 is 82.5 Å². The summed E-state index contributed by atoms with van der Waals surface area (Å²) in [6, 6.07) is 82.1. The van der Waals surface area contributed by atoms with E-state index in [4.69, 9.17) is 8.83 Å². The van der Waals surface area contributed by atoms with Gasteiger partial charge in [-0.15, -0.1) is 0 Å². The molecule has 2 aliphatic carbocycles. The molecule has 1 spiro atoms. The Bertz CT molecular complexity index is 4130. The highest BCUT2D eigenvalue weighted by molar-refractivity contribution is 6.28. The lowest BCUT2D eigenvalue weighted by Crippen LogP contribution is -2.26. The van der Waals surface area contributed by atoms with Crippen LogP contribution in [0.5, 0.6) is 0 Å². The largest absolute Gasteiger partial charge is 0.456 e. The number of nitrogens with zero attached hydrogens (tertiary/aromatic N) is 1. The van der Waals surface area contributed by atoms with Gasteiger partial charge in [0.15, 0.2) is 0 Å². The first-order valence-electron chi connectivity index (χ1n) is 22.7. The number of anilines is 3. The predicted molar refractivity (Wildman–Crippen MR) is 272 cm³/mol. The molecule has 15 rings (SSSR count). The molecule has 0 N–H and O–H groups in total. The average molecular weight is 840 g/mol. The van der Waals surface area contributed by atoms with Crippen molar-refractivity contribution in [2.24, 2.45) is 0 Å². The fourth-order valence-electron chi connectivity index (χ4n) is 11.9. The third-order valence-electron chi connectivity index (χ3n) is 14.6. The van der Waals surface area contributed by atoms with Crippen LogP contribution in [0.15, 0.2) is 233 Å². The minimum Gasteiger partial charge on any atom is -0.456 e. The lowest BCUT2D eigenvalue weighted by Gasteiger charge is -2.32. The molecule has 0 saturated carbocycles. The van der Waals surface area contributed by atoms with Crippen LogP contribution in [-0.4, -0.2) is 0 Å². The van der Waals surface area contributed by atoms with E-state index in [1.54, 1.807) is 0 Å². The number of hydrogen-bond acceptors (Lipinski definition) is 3. The van der Waals surface area contributed by atoms with Gasteiger partial charge in [0.1, 0.15) is 22.3 Å². The van der Waals surface area contributed by atoms with E-state index in [9.17, 15) is 0 Å². The summed E-state index contributed by atoms with van der Waals surface area (Å²) in [7, 11) is 0. The lowest BCUT2D eigenvalue weighted by atomic mass is 9.70. The van der Waals surface area contributed by atoms with Crippen molar-refractivity contribution in [3.05, 3.63) is 247 Å². The third kappa shape index (κ3) is 4.76. The second kappa shape index (κ2) is 13.2. The van der Waals surface area contributed by atoms with Gasteiger partial charge in [-0.1, -0.05) is 158 Å². The molecule has 2 aliphatic rings. The highest BCUT2D eigenvalue weighted by Gasteiger charge is 2.52. The summed E-state index contributed by atoms with van der Waals surface area (Å²) < 4.78 is 13.3. The number of furan rings is 2. The summed E-state index contributed by atoms with van der Waals surface area (Å²) in [6.07, 6.45) is 0. The summed E-state index contributed by atoms with van der Waals surface area (Å²) in [6.45, 7) is 0. The normalized spacial score (nSPS) is 13.3. The number of benzene rings is 11. The van der Waals surface area contributed by atoms with Gasteiger partial charge in [0, 0.05) is 38.5 Å². The first-order chi connectivity index (χ1) is 32.7. The summed E-state index contributed by atoms with van der Waals surface area (Å²) in [5.41, 5.74) is 19.1. The van der Waals surface area contributed by atoms with Crippen LogP contribution < -0.4 is 4.90 Å². The van der Waals surface area contributed by atoms with Gasteiger partial charge in [0.05, 0.1) is 11.1 Å². The van der Waals surface area contributed by atoms with E-state index in [-0.39, 0.29) is 0 Å². The Hall–Kier alpha value is -8.66. The zero-order valence-electron chi connectivity index (χ0n) is 35.6. The molecule has 0 aliphatic heterocycles. The van der Waals surface area contributed by atoms with Crippen LogP contribution in [0.4, 0.5) is 17.1 Å². The quantitative estimate of drug-likeness (QED) is 0.177. The van der Waals surface area contributed by atoms with Crippen LogP contribution >= 0.6 is 0 Å². The molecule has 2 heterocycles. The van der Waals surface area contributed by atoms with E-state index in [1.165, 1.54) is 66.4 Å². The minimum atomic E-state index is -0.451. The first-order valence-corrected chi connectivity index (χ1v) is 22.7. The van der Waals surface area contributed by atoms with Gasteiger partial charge in [0.25, 0.3) is 0 Å². The molecule has 0 fully saturated rings. The van der Waals surface area contributed by atoms with Crippen molar-refractivity contribution in [3.63, 3.8) is 0 Å². The number of hydrogen-bond donors (Lipinski definition) is 0. The Balaban J connectivity index is 0.960. The molecule has 11 aromatic carbocycles. The zero-order chi connectivity index (χ0) is 43.1. The van der Waals surface area contributed by atoms with Crippen molar-refractivity contribution in [2.45, 2.75) is 5.41 Å². The van der Waals surface area contributed by atoms with Gasteiger partial charge in [-0.05, 0) is 138 Å². The maximum Gasteiger partial charge on any atom is 0.136 e. The fraction of sp³-hybridized carbons (Fsp3) is 0.0159. The maximum atomic E-state index is 6.75. The van der Waals surface area contributed by atoms with E-state index in [0.29, 0.717) is 0 Å². The number of fused-ring (bicyclic) bond motifs is 19. The molecule has 0 atom stereocenters. The molecule has 0 bridgehead atoms. The van der Waals surface area contributed by atoms with Gasteiger partial charge >= 0.3 is 0 Å². The topological polar surface area (TPSA) is 29.5 Å². The standard InChI is InChI=1S/C63H37NO2/c1-2-13-38(14-3-1)39-25-28-44(29-26-39)64(55-24-12-23-54-60(55)48-19-8-11-22-53(48)63(54)51-20-9-6-17-46(51)47-18-7-10-21-52(47)63)45-30-27-42-35-50-59(37-43(42)33-45)66-57-32-31-56-61(62(50)57)49-34-40-15-4-5-16-41(40)36-58(49)65-56/h1-37H. The smallest absolute Gasteiger partial charge is 0.136 e. The van der Waals surface area contributed by atoms with E-state index in [0.717, 1.165) is 71.7 Å². The van der Waals surface area contributed by atoms with E-state index < -0.39 is 5.41 Å². The average Bonchev–Trinajstić information content (AvgIpc) is 4.10. The minimum absolute atomic E-state index is 0.451. The highest BCUT2D eigenvalue weighted by Crippen LogP contribution is 2.64. The molecule has 2 aromatic heterocycles. The van der Waals surface area contributed by atoms with Crippen molar-refractivity contribution in [1.82, 2.24) is 0 Å². The van der Waals surface area contributed by atoms with E-state index >= 15 is 0 Å². The van der Waals surface area contributed by atoms with Crippen molar-refractivity contribution in [3.8, 4) is 33.4 Å². The summed E-state index contributed by atoms with van der Waals surface area (Å²) in [4.78, 5) is 2.46. The monoisotopic (exact) mass is 839 g/mol. The molecule has 0 unspecified atom stereocenters. The molecule has 306 valence electrons. The van der Waals surface area contributed by atoms with Crippen molar-refractivity contribution < 1.29 is 8.83 Å². The van der Waals surface area contributed by atoms with Gasteiger partial charge in [0.2, 0.25) is 0 Å². The Kier molecular flexibility index (Phi) is 7.15. The molecule has 13 aromatic rings. The van der Waals surface area contributed by atoms with Crippen molar-refractivity contribution in [1.29, 1.82) is 0 Å². The second-order valence-corrected chi connectivity index (χ2v) is 17.9. The third-order valence-corrected chi connectivity index (χ3v) is 14.6. The molecule has 0 radical (unpaired) electrons. The molecular formula is C63H37NO2. The van der Waals surface area contributed by atoms with Crippen LogP contribution in [0.3, 0.4) is 0 Å². The maximum absolute atomic E-state index is 6.75. The Morgan fingerprint density at radius 3 is 1.48 bits per heavy atom. The fourth-order valence-corrected chi connectivity index (χ4v) is 11.9. The van der Waals surface area contributed by atoms with Gasteiger partial charge in [-0.2, -0.15) is 0 Å². The molecule has 0 saturated heterocycles. The van der Waals surface area contributed by atoms with Crippen LogP contribution in [-0.2, 0) is 5.41 Å². The van der Waals surface area contributed by atoms with Crippen LogP contribution in [0, 0.1) is 0 Å². The SMILES string of the molecule is c1ccc(-c2ccc(N(c3ccc4cc5c(cc4c3)oc3ccc4oc6cc7ccccc7cc6c4c35)c3cccc4c3-c3ccccc3C43c4ccccc4-c4ccccc43)cc2)cc1. The van der Waals surface area contributed by atoms with Crippen LogP contribution in [0.1, 0.15) is 22.3 Å².